The number of esters is 2. The van der Waals surface area contributed by atoms with Crippen molar-refractivity contribution in [3.63, 3.8) is 0 Å². The maximum Gasteiger partial charge on any atom is 0.347 e. The molecule has 1 atom stereocenters. The van der Waals surface area contributed by atoms with Crippen molar-refractivity contribution in [3.8, 4) is 0 Å². The first-order chi connectivity index (χ1) is 9.69. The van der Waals surface area contributed by atoms with Crippen molar-refractivity contribution >= 4 is 23.0 Å². The summed E-state index contributed by atoms with van der Waals surface area (Å²) in [5, 5.41) is 7.96. The zero-order chi connectivity index (χ0) is 14.1. The highest BCUT2D eigenvalue weighted by molar-refractivity contribution is 5.95. The maximum absolute atomic E-state index is 12.0. The minimum Gasteiger partial charge on any atom is -0.463 e. The Morgan fingerprint density at radius 2 is 2.40 bits per heavy atom. The highest BCUT2D eigenvalue weighted by Crippen LogP contribution is 2.17. The van der Waals surface area contributed by atoms with E-state index >= 15 is 0 Å². The molecule has 0 unspecified atom stereocenters. The first kappa shape index (κ1) is 12.6. The highest BCUT2D eigenvalue weighted by atomic mass is 16.6. The third-order valence-electron chi connectivity index (χ3n) is 3.19. The zero-order valence-corrected chi connectivity index (χ0v) is 10.9. The van der Waals surface area contributed by atoms with Crippen LogP contribution in [-0.4, -0.2) is 39.6 Å². The predicted molar refractivity (Wildman–Crippen MR) is 68.0 cm³/mol. The third-order valence-corrected chi connectivity index (χ3v) is 3.19. The summed E-state index contributed by atoms with van der Waals surface area (Å²) in [5.74, 6) is -1.04. The summed E-state index contributed by atoms with van der Waals surface area (Å²) in [5.41, 5.74) is 1.82. The van der Waals surface area contributed by atoms with Crippen molar-refractivity contribution in [1.29, 1.82) is 0 Å². The molecule has 20 heavy (non-hydrogen) atoms. The number of hydrogen-bond donors (Lipinski definition) is 0. The van der Waals surface area contributed by atoms with Gasteiger partial charge in [-0.05, 0) is 25.1 Å². The largest absolute Gasteiger partial charge is 0.463 e. The van der Waals surface area contributed by atoms with Gasteiger partial charge in [0.2, 0.25) is 6.10 Å². The lowest BCUT2D eigenvalue weighted by Gasteiger charge is -2.08. The second-order valence-corrected chi connectivity index (χ2v) is 4.46. The fourth-order valence-corrected chi connectivity index (χ4v) is 2.11. The number of fused-ring (bicyclic) bond motifs is 1. The Balaban J connectivity index is 1.82. The van der Waals surface area contributed by atoms with E-state index in [0.717, 1.165) is 5.52 Å². The minimum absolute atomic E-state index is 0.292. The van der Waals surface area contributed by atoms with Crippen molar-refractivity contribution in [2.75, 3.05) is 6.61 Å². The first-order valence-corrected chi connectivity index (χ1v) is 6.40. The molecule has 2 heterocycles. The Hall–Kier alpha value is -2.44. The minimum atomic E-state index is -0.801. The molecule has 1 aliphatic heterocycles. The monoisotopic (exact) mass is 275 g/mol. The van der Waals surface area contributed by atoms with E-state index in [0.29, 0.717) is 30.7 Å². The van der Waals surface area contributed by atoms with Crippen LogP contribution in [0.1, 0.15) is 23.7 Å². The summed E-state index contributed by atoms with van der Waals surface area (Å²) in [6, 6.07) is 5.01. The summed E-state index contributed by atoms with van der Waals surface area (Å²) in [7, 11) is 0. The topological polar surface area (TPSA) is 83.3 Å². The smallest absolute Gasteiger partial charge is 0.347 e. The fraction of sp³-hybridized carbons (Fsp3) is 0.385. The van der Waals surface area contributed by atoms with Crippen molar-refractivity contribution < 1.29 is 19.1 Å². The number of carbonyl (C=O) groups excluding carboxylic acids is 2. The van der Waals surface area contributed by atoms with E-state index < -0.39 is 18.0 Å². The highest BCUT2D eigenvalue weighted by Gasteiger charge is 2.30. The average molecular weight is 275 g/mol. The number of aryl methyl sites for hydroxylation is 1. The molecule has 0 amide bonds. The number of benzene rings is 1. The fourth-order valence-electron chi connectivity index (χ4n) is 2.11. The maximum atomic E-state index is 12.0. The zero-order valence-electron chi connectivity index (χ0n) is 10.9. The van der Waals surface area contributed by atoms with Crippen LogP contribution >= 0.6 is 0 Å². The standard InChI is InChI=1S/C13H13N3O4/c1-2-16-10-4-3-8(7-9(10)14-15-16)12(17)20-11-5-6-19-13(11)18/h3-4,7,11H,2,5-6H2,1H3/t11-/m0/s1. The summed E-state index contributed by atoms with van der Waals surface area (Å²) in [6.07, 6.45) is -0.400. The van der Waals surface area contributed by atoms with Crippen LogP contribution in [0.15, 0.2) is 18.2 Å². The van der Waals surface area contributed by atoms with Crippen LogP contribution in [0.5, 0.6) is 0 Å². The van der Waals surface area contributed by atoms with Crippen LogP contribution < -0.4 is 0 Å². The van der Waals surface area contributed by atoms with Gasteiger partial charge in [-0.15, -0.1) is 5.10 Å². The first-order valence-electron chi connectivity index (χ1n) is 6.40. The Morgan fingerprint density at radius 3 is 3.10 bits per heavy atom. The molecule has 0 aliphatic carbocycles. The Labute approximate surface area is 114 Å². The molecule has 1 aliphatic rings. The molecular formula is C13H13N3O4. The lowest BCUT2D eigenvalue weighted by Crippen LogP contribution is -2.22. The van der Waals surface area contributed by atoms with E-state index in [1.165, 1.54) is 0 Å². The van der Waals surface area contributed by atoms with Crippen LogP contribution in [0.4, 0.5) is 0 Å². The van der Waals surface area contributed by atoms with Crippen molar-refractivity contribution in [3.05, 3.63) is 23.8 Å². The van der Waals surface area contributed by atoms with Gasteiger partial charge in [-0.1, -0.05) is 5.21 Å². The number of aromatic nitrogens is 3. The number of hydrogen-bond acceptors (Lipinski definition) is 6. The molecule has 1 fully saturated rings. The number of rotatable bonds is 3. The SMILES string of the molecule is CCn1nnc2cc(C(=O)O[C@H]3CCOC3=O)ccc21. The molecule has 0 saturated carbocycles. The van der Waals surface area contributed by atoms with Gasteiger partial charge in [0.25, 0.3) is 0 Å². The van der Waals surface area contributed by atoms with Crippen molar-refractivity contribution in [2.24, 2.45) is 0 Å². The molecule has 2 aromatic rings. The van der Waals surface area contributed by atoms with Gasteiger partial charge in [-0.25, -0.2) is 14.3 Å². The van der Waals surface area contributed by atoms with Crippen molar-refractivity contribution in [1.82, 2.24) is 15.0 Å². The molecule has 1 aromatic carbocycles. The molecule has 7 heteroatoms. The molecule has 3 rings (SSSR count). The number of carbonyl (C=O) groups is 2. The van der Waals surface area contributed by atoms with Crippen LogP contribution in [0.2, 0.25) is 0 Å². The van der Waals surface area contributed by atoms with E-state index in [1.54, 1.807) is 22.9 Å². The van der Waals surface area contributed by atoms with Crippen LogP contribution in [0.25, 0.3) is 11.0 Å². The lowest BCUT2D eigenvalue weighted by atomic mass is 10.2. The Bertz CT molecular complexity index is 679. The molecule has 0 N–H and O–H groups in total. The Kier molecular flexibility index (Phi) is 3.09. The van der Waals surface area contributed by atoms with Crippen LogP contribution in [-0.2, 0) is 20.8 Å². The molecule has 1 aromatic heterocycles. The molecule has 0 bridgehead atoms. The number of cyclic esters (lactones) is 1. The normalized spacial score (nSPS) is 18.2. The van der Waals surface area contributed by atoms with E-state index in [2.05, 4.69) is 10.3 Å². The lowest BCUT2D eigenvalue weighted by molar-refractivity contribution is -0.145. The van der Waals surface area contributed by atoms with Gasteiger partial charge in [-0.2, -0.15) is 0 Å². The average Bonchev–Trinajstić information content (AvgIpc) is 3.04. The van der Waals surface area contributed by atoms with E-state index in [-0.39, 0.29) is 0 Å². The van der Waals surface area contributed by atoms with Gasteiger partial charge in [-0.3, -0.25) is 0 Å². The number of ether oxygens (including phenoxy) is 2. The summed E-state index contributed by atoms with van der Waals surface area (Å²) < 4.78 is 11.6. The second-order valence-electron chi connectivity index (χ2n) is 4.46. The summed E-state index contributed by atoms with van der Waals surface area (Å²) >= 11 is 0. The van der Waals surface area contributed by atoms with Gasteiger partial charge in [0, 0.05) is 13.0 Å². The predicted octanol–water partition coefficient (Wildman–Crippen LogP) is 0.923. The molecule has 7 nitrogen and oxygen atoms in total. The van der Waals surface area contributed by atoms with E-state index in [4.69, 9.17) is 9.47 Å². The Morgan fingerprint density at radius 1 is 1.55 bits per heavy atom. The number of nitrogens with zero attached hydrogens (tertiary/aromatic N) is 3. The second kappa shape index (κ2) is 4.92. The summed E-state index contributed by atoms with van der Waals surface area (Å²) in [4.78, 5) is 23.3. The van der Waals surface area contributed by atoms with Gasteiger partial charge < -0.3 is 9.47 Å². The molecular weight excluding hydrogens is 262 g/mol. The van der Waals surface area contributed by atoms with E-state index in [9.17, 15) is 9.59 Å². The summed E-state index contributed by atoms with van der Waals surface area (Å²) in [6.45, 7) is 2.96. The van der Waals surface area contributed by atoms with Crippen LogP contribution in [0.3, 0.4) is 0 Å². The molecule has 104 valence electrons. The molecule has 1 saturated heterocycles. The van der Waals surface area contributed by atoms with Gasteiger partial charge in [0.15, 0.2) is 0 Å². The molecule has 0 spiro atoms. The third kappa shape index (κ3) is 2.11. The van der Waals surface area contributed by atoms with Gasteiger partial charge in [0.1, 0.15) is 5.52 Å². The molecule has 0 radical (unpaired) electrons. The quantitative estimate of drug-likeness (QED) is 0.775. The van der Waals surface area contributed by atoms with Crippen molar-refractivity contribution in [2.45, 2.75) is 26.0 Å². The van der Waals surface area contributed by atoms with Gasteiger partial charge >= 0.3 is 11.9 Å². The van der Waals surface area contributed by atoms with Crippen LogP contribution in [0, 0.1) is 0 Å². The van der Waals surface area contributed by atoms with E-state index in [1.807, 2.05) is 6.92 Å². The van der Waals surface area contributed by atoms with Gasteiger partial charge in [0.05, 0.1) is 17.7 Å².